The summed E-state index contributed by atoms with van der Waals surface area (Å²) >= 11 is 12.6. The molecule has 0 radical (unpaired) electrons. The average Bonchev–Trinajstić information content (AvgIpc) is 3.32. The molecule has 0 saturated heterocycles. The molecule has 0 fully saturated rings. The minimum atomic E-state index is -2.25. The molecular formula is C34H26Cl2N2O4. The molecule has 0 saturated carbocycles. The van der Waals surface area contributed by atoms with E-state index in [1.54, 1.807) is 48.5 Å². The van der Waals surface area contributed by atoms with Crippen molar-refractivity contribution in [1.82, 2.24) is 0 Å². The van der Waals surface area contributed by atoms with Crippen LogP contribution >= 0.6 is 23.2 Å². The molecule has 0 N–H and O–H groups in total. The molecule has 0 heterocycles. The van der Waals surface area contributed by atoms with Crippen LogP contribution in [0.3, 0.4) is 0 Å². The summed E-state index contributed by atoms with van der Waals surface area (Å²) in [5.41, 5.74) is -2.01. The summed E-state index contributed by atoms with van der Waals surface area (Å²) in [6.45, 7) is 0. The van der Waals surface area contributed by atoms with E-state index in [2.05, 4.69) is 0 Å². The second-order valence-electron chi connectivity index (χ2n) is 11.1. The number of carbonyl (C=O) groups excluding carboxylic acids is 4. The van der Waals surface area contributed by atoms with E-state index >= 15 is 0 Å². The fraction of sp³-hybridized carbons (Fsp3) is 0.176. The van der Waals surface area contributed by atoms with E-state index in [4.69, 9.17) is 23.2 Å². The van der Waals surface area contributed by atoms with Crippen molar-refractivity contribution in [2.45, 2.75) is 10.8 Å². The number of fused-ring (bicyclic) bond motifs is 2. The van der Waals surface area contributed by atoms with Crippen LogP contribution in [-0.4, -0.2) is 51.3 Å². The molecular weight excluding hydrogens is 571 g/mol. The highest BCUT2D eigenvalue weighted by Crippen LogP contribution is 2.58. The van der Waals surface area contributed by atoms with Crippen LogP contribution in [0.25, 0.3) is 0 Å². The van der Waals surface area contributed by atoms with Crippen molar-refractivity contribution < 1.29 is 19.2 Å². The Labute approximate surface area is 253 Å². The summed E-state index contributed by atoms with van der Waals surface area (Å²) in [6.07, 6.45) is 0. The number of anilines is 2. The number of halogens is 2. The maximum Gasteiger partial charge on any atom is 0.183 e. The number of hydrogen-bond acceptors (Lipinski definition) is 6. The molecule has 42 heavy (non-hydrogen) atoms. The van der Waals surface area contributed by atoms with Gasteiger partial charge in [-0.3, -0.25) is 19.2 Å². The van der Waals surface area contributed by atoms with Crippen molar-refractivity contribution in [2.75, 3.05) is 38.0 Å². The van der Waals surface area contributed by atoms with Crippen molar-refractivity contribution in [1.29, 1.82) is 0 Å². The molecule has 4 aromatic carbocycles. The third-order valence-corrected chi connectivity index (χ3v) is 8.97. The van der Waals surface area contributed by atoms with E-state index in [1.165, 1.54) is 36.4 Å². The molecule has 6 rings (SSSR count). The zero-order valence-electron chi connectivity index (χ0n) is 23.4. The molecule has 6 nitrogen and oxygen atoms in total. The Morgan fingerprint density at radius 3 is 1.07 bits per heavy atom. The van der Waals surface area contributed by atoms with Gasteiger partial charge in [0.05, 0.1) is 0 Å². The number of hydrogen-bond donors (Lipinski definition) is 0. The second kappa shape index (κ2) is 9.65. The Morgan fingerprint density at radius 2 is 0.762 bits per heavy atom. The normalized spacial score (nSPS) is 21.0. The number of Topliss-reactive ketones (excluding diaryl/α,β-unsaturated/α-hetero) is 4. The zero-order valence-corrected chi connectivity index (χ0v) is 24.9. The minimum absolute atomic E-state index is 0.0723. The van der Waals surface area contributed by atoms with Crippen LogP contribution in [0.1, 0.15) is 52.6 Å². The van der Waals surface area contributed by atoms with Gasteiger partial charge in [0.1, 0.15) is 10.8 Å². The number of rotatable bonds is 5. The average molecular weight is 597 g/mol. The molecule has 0 bridgehead atoms. The molecule has 210 valence electrons. The maximum atomic E-state index is 14.9. The number of carbonyl (C=O) groups is 4. The highest BCUT2D eigenvalue weighted by atomic mass is 35.5. The Bertz CT molecular complexity index is 1690. The summed E-state index contributed by atoms with van der Waals surface area (Å²) in [5.74, 6) is -2.57. The highest BCUT2D eigenvalue weighted by molar-refractivity contribution is 6.46. The smallest absolute Gasteiger partial charge is 0.183 e. The highest BCUT2D eigenvalue weighted by Gasteiger charge is 2.75. The summed E-state index contributed by atoms with van der Waals surface area (Å²) in [5, 5.41) is 0.523. The Kier molecular flexibility index (Phi) is 6.41. The van der Waals surface area contributed by atoms with Crippen LogP contribution in [0.2, 0.25) is 10.0 Å². The zero-order chi connectivity index (χ0) is 30.1. The van der Waals surface area contributed by atoms with E-state index in [1.807, 2.05) is 38.0 Å². The van der Waals surface area contributed by atoms with Crippen LogP contribution < -0.4 is 9.80 Å². The van der Waals surface area contributed by atoms with Crippen molar-refractivity contribution in [2.24, 2.45) is 0 Å². The fourth-order valence-corrected chi connectivity index (χ4v) is 6.82. The fourth-order valence-electron chi connectivity index (χ4n) is 6.48. The summed E-state index contributed by atoms with van der Waals surface area (Å²) < 4.78 is 0. The first kappa shape index (κ1) is 27.9. The summed E-state index contributed by atoms with van der Waals surface area (Å²) in [7, 11) is 7.47. The number of nitrogens with zero attached hydrogens (tertiary/aromatic N) is 2. The lowest BCUT2D eigenvalue weighted by molar-refractivity contribution is 0.0557. The first-order valence-corrected chi connectivity index (χ1v) is 14.1. The topological polar surface area (TPSA) is 74.8 Å². The molecule has 2 aliphatic rings. The number of benzene rings is 4. The van der Waals surface area contributed by atoms with E-state index in [0.717, 1.165) is 11.4 Å². The SMILES string of the molecule is CN(C)c1ccc([C@@]2([C@]3(c4ccc(N(C)C)cc4)C(=O)c4ccc(Cl)cc4C3=O)C(=O)c3ccc(Cl)cc3C2=O)cc1. The monoisotopic (exact) mass is 596 g/mol. The molecule has 4 aromatic rings. The van der Waals surface area contributed by atoms with Crippen LogP contribution in [-0.2, 0) is 10.8 Å². The van der Waals surface area contributed by atoms with Gasteiger partial charge in [0.2, 0.25) is 0 Å². The van der Waals surface area contributed by atoms with Crippen molar-refractivity contribution in [3.05, 3.63) is 128 Å². The molecule has 2 atom stereocenters. The lowest BCUT2D eigenvalue weighted by atomic mass is 9.52. The second-order valence-corrected chi connectivity index (χ2v) is 12.0. The lowest BCUT2D eigenvalue weighted by Crippen LogP contribution is -2.62. The predicted octanol–water partition coefficient (Wildman–Crippen LogP) is 6.46. The molecule has 2 aliphatic carbocycles. The van der Waals surface area contributed by atoms with Crippen LogP contribution in [0.15, 0.2) is 84.9 Å². The van der Waals surface area contributed by atoms with Crippen molar-refractivity contribution >= 4 is 57.7 Å². The Hall–Kier alpha value is -4.26. The van der Waals surface area contributed by atoms with Gasteiger partial charge in [-0.05, 0) is 71.8 Å². The molecule has 0 amide bonds. The van der Waals surface area contributed by atoms with Gasteiger partial charge in [0.15, 0.2) is 23.1 Å². The molecule has 0 aliphatic heterocycles. The maximum absolute atomic E-state index is 14.9. The van der Waals surface area contributed by atoms with Gasteiger partial charge in [-0.2, -0.15) is 0 Å². The van der Waals surface area contributed by atoms with Gasteiger partial charge in [0, 0.05) is 71.9 Å². The molecule has 0 spiro atoms. The number of ketones is 4. The summed E-state index contributed by atoms with van der Waals surface area (Å²) in [6, 6.07) is 22.6. The molecule has 8 heteroatoms. The van der Waals surface area contributed by atoms with Crippen molar-refractivity contribution in [3.63, 3.8) is 0 Å². The van der Waals surface area contributed by atoms with E-state index in [0.29, 0.717) is 0 Å². The largest absolute Gasteiger partial charge is 0.378 e. The molecule has 0 unspecified atom stereocenters. The quantitative estimate of drug-likeness (QED) is 0.246. The van der Waals surface area contributed by atoms with Gasteiger partial charge >= 0.3 is 0 Å². The van der Waals surface area contributed by atoms with Crippen LogP contribution in [0.4, 0.5) is 11.4 Å². The standard InChI is InChI=1S/C34H26Cl2N2O4/c1-37(2)23-11-5-19(6-12-23)33(29(39)25-15-9-21(35)17-27(25)31(33)41)34(20-7-13-24(14-8-20)38(3)4)30(40)26-16-10-22(36)18-28(26)32(34)42/h5-18H,1-4H3/t33-,34-/m1/s1. The summed E-state index contributed by atoms with van der Waals surface area (Å²) in [4.78, 5) is 63.4. The van der Waals surface area contributed by atoms with Gasteiger partial charge < -0.3 is 9.80 Å². The van der Waals surface area contributed by atoms with Gasteiger partial charge in [-0.15, -0.1) is 0 Å². The lowest BCUT2D eigenvalue weighted by Gasteiger charge is -2.42. The first-order chi connectivity index (χ1) is 20.0. The van der Waals surface area contributed by atoms with Crippen LogP contribution in [0, 0.1) is 0 Å². The van der Waals surface area contributed by atoms with E-state index in [9.17, 15) is 19.2 Å². The van der Waals surface area contributed by atoms with Gasteiger partial charge in [-0.1, -0.05) is 47.5 Å². The Balaban J connectivity index is 1.77. The van der Waals surface area contributed by atoms with Crippen molar-refractivity contribution in [3.8, 4) is 0 Å². The predicted molar refractivity (Wildman–Crippen MR) is 165 cm³/mol. The first-order valence-electron chi connectivity index (χ1n) is 13.3. The van der Waals surface area contributed by atoms with E-state index < -0.39 is 34.0 Å². The third-order valence-electron chi connectivity index (χ3n) is 8.50. The Morgan fingerprint density at radius 1 is 0.452 bits per heavy atom. The minimum Gasteiger partial charge on any atom is -0.378 e. The molecule has 0 aromatic heterocycles. The van der Waals surface area contributed by atoms with E-state index in [-0.39, 0.29) is 43.4 Å². The van der Waals surface area contributed by atoms with Gasteiger partial charge in [-0.25, -0.2) is 0 Å². The van der Waals surface area contributed by atoms with Crippen LogP contribution in [0.5, 0.6) is 0 Å². The van der Waals surface area contributed by atoms with Gasteiger partial charge in [0.25, 0.3) is 0 Å². The third kappa shape index (κ3) is 3.52.